The number of ether oxygens (including phenoxy) is 2. The second kappa shape index (κ2) is 11.3. The van der Waals surface area contributed by atoms with E-state index in [1.165, 1.54) is 0 Å². The molecule has 0 atom stereocenters. The Labute approximate surface area is 192 Å². The van der Waals surface area contributed by atoms with Crippen molar-refractivity contribution in [2.45, 2.75) is 13.3 Å². The molecule has 32 heavy (non-hydrogen) atoms. The molecule has 0 aliphatic carbocycles. The molecule has 9 heteroatoms. The summed E-state index contributed by atoms with van der Waals surface area (Å²) in [7, 11) is 3.49. The zero-order valence-electron chi connectivity index (χ0n) is 18.4. The Hall–Kier alpha value is -3.43. The third kappa shape index (κ3) is 6.29. The summed E-state index contributed by atoms with van der Waals surface area (Å²) in [6, 6.07) is 1.87. The zero-order chi connectivity index (χ0) is 22.9. The summed E-state index contributed by atoms with van der Waals surface area (Å²) >= 11 is 5.52. The molecule has 0 radical (unpaired) electrons. The van der Waals surface area contributed by atoms with Crippen LogP contribution in [0.4, 0.5) is 0 Å². The Bertz CT molecular complexity index is 1180. The van der Waals surface area contributed by atoms with Crippen molar-refractivity contribution < 1.29 is 9.47 Å². The van der Waals surface area contributed by atoms with E-state index in [0.29, 0.717) is 41.3 Å². The van der Waals surface area contributed by atoms with Gasteiger partial charge in [0.25, 0.3) is 0 Å². The molecule has 0 amide bonds. The van der Waals surface area contributed by atoms with Gasteiger partial charge in [0.05, 0.1) is 41.6 Å². The summed E-state index contributed by atoms with van der Waals surface area (Å²) < 4.78 is 14.7. The lowest BCUT2D eigenvalue weighted by molar-refractivity contribution is 0.146. The lowest BCUT2D eigenvalue weighted by atomic mass is 10.1. The Morgan fingerprint density at radius 3 is 2.66 bits per heavy atom. The Morgan fingerprint density at radius 1 is 1.22 bits per heavy atom. The molecular formula is C23H26N6O2S. The highest BCUT2D eigenvalue weighted by molar-refractivity contribution is 7.71. The van der Waals surface area contributed by atoms with Gasteiger partial charge in [-0.15, -0.1) is 0 Å². The summed E-state index contributed by atoms with van der Waals surface area (Å²) in [5.74, 6) is 1.11. The van der Waals surface area contributed by atoms with Gasteiger partial charge in [-0.1, -0.05) is 30.9 Å². The molecule has 0 N–H and O–H groups in total. The topological polar surface area (TPSA) is 79.9 Å². The number of rotatable bonds is 10. The number of methoxy groups -OCH3 is 1. The quantitative estimate of drug-likeness (QED) is 0.263. The zero-order valence-corrected chi connectivity index (χ0v) is 19.2. The Kier molecular flexibility index (Phi) is 8.18. The summed E-state index contributed by atoms with van der Waals surface area (Å²) in [5, 5.41) is 8.90. The maximum Gasteiger partial charge on any atom is 0.158 e. The molecule has 3 aromatic rings. The molecule has 0 saturated heterocycles. The molecule has 166 valence electrons. The highest BCUT2D eigenvalue weighted by atomic mass is 32.1. The molecule has 0 bridgehead atoms. The summed E-state index contributed by atoms with van der Waals surface area (Å²) in [6.45, 7) is 7.03. The van der Waals surface area contributed by atoms with Gasteiger partial charge < -0.3 is 9.47 Å². The highest BCUT2D eigenvalue weighted by Gasteiger charge is 2.08. The smallest absolute Gasteiger partial charge is 0.158 e. The van der Waals surface area contributed by atoms with Gasteiger partial charge in [-0.3, -0.25) is 4.68 Å². The van der Waals surface area contributed by atoms with Crippen LogP contribution < -0.4 is 4.74 Å². The van der Waals surface area contributed by atoms with Crippen LogP contribution in [0, 0.1) is 4.51 Å². The molecule has 8 nitrogen and oxygen atoms in total. The van der Waals surface area contributed by atoms with E-state index in [4.69, 9.17) is 26.8 Å². The summed E-state index contributed by atoms with van der Waals surface area (Å²) in [6.07, 6.45) is 15.2. The molecule has 0 spiro atoms. The molecule has 3 heterocycles. The number of aryl methyl sites for hydroxylation is 1. The monoisotopic (exact) mass is 450 g/mol. The van der Waals surface area contributed by atoms with E-state index in [2.05, 4.69) is 21.6 Å². The van der Waals surface area contributed by atoms with Crippen molar-refractivity contribution in [1.29, 1.82) is 0 Å². The van der Waals surface area contributed by atoms with Gasteiger partial charge in [-0.25, -0.2) is 14.6 Å². The van der Waals surface area contributed by atoms with E-state index in [1.54, 1.807) is 35.1 Å². The van der Waals surface area contributed by atoms with E-state index >= 15 is 0 Å². The van der Waals surface area contributed by atoms with Crippen LogP contribution in [0.1, 0.15) is 18.4 Å². The molecular weight excluding hydrogens is 424 g/mol. The van der Waals surface area contributed by atoms with Gasteiger partial charge in [0.2, 0.25) is 0 Å². The van der Waals surface area contributed by atoms with Crippen molar-refractivity contribution in [1.82, 2.24) is 29.5 Å². The average molecular weight is 451 g/mol. The number of hydrogen-bond acceptors (Lipinski definition) is 7. The number of nitrogens with zero attached hydrogens (tertiary/aromatic N) is 6. The first-order chi connectivity index (χ1) is 15.5. The second-order valence-corrected chi connectivity index (χ2v) is 7.39. The predicted octanol–water partition coefficient (Wildman–Crippen LogP) is 3.91. The fourth-order valence-electron chi connectivity index (χ4n) is 2.89. The van der Waals surface area contributed by atoms with Crippen LogP contribution in [0.25, 0.3) is 11.3 Å². The van der Waals surface area contributed by atoms with Crippen LogP contribution in [-0.4, -0.2) is 49.9 Å². The number of aromatic nitrogens is 6. The first-order valence-corrected chi connectivity index (χ1v) is 10.4. The SMILES string of the molecule is C=C(/C=C(\C=C/C)Cc1nn(-c2cnn(C)c2)ccc1=S)c1ncc(OCCOC)cn1. The average Bonchev–Trinajstić information content (AvgIpc) is 3.22. The fraction of sp³-hybridized carbons (Fsp3) is 0.261. The molecule has 0 aliphatic heterocycles. The van der Waals surface area contributed by atoms with Crippen molar-refractivity contribution in [2.75, 3.05) is 20.3 Å². The van der Waals surface area contributed by atoms with Gasteiger partial charge in [-0.05, 0) is 24.6 Å². The summed E-state index contributed by atoms with van der Waals surface area (Å²) in [4.78, 5) is 8.71. The van der Waals surface area contributed by atoms with E-state index in [1.807, 2.05) is 50.7 Å². The van der Waals surface area contributed by atoms with Crippen LogP contribution in [-0.2, 0) is 18.2 Å². The van der Waals surface area contributed by atoms with Crippen molar-refractivity contribution in [3.63, 3.8) is 0 Å². The first-order valence-electron chi connectivity index (χ1n) is 10.0. The predicted molar refractivity (Wildman–Crippen MR) is 126 cm³/mol. The van der Waals surface area contributed by atoms with Gasteiger partial charge in [0.15, 0.2) is 11.6 Å². The fourth-order valence-corrected chi connectivity index (χ4v) is 3.07. The van der Waals surface area contributed by atoms with Crippen LogP contribution in [0.3, 0.4) is 0 Å². The van der Waals surface area contributed by atoms with Crippen LogP contribution in [0.5, 0.6) is 5.75 Å². The minimum atomic E-state index is 0.442. The van der Waals surface area contributed by atoms with E-state index in [9.17, 15) is 0 Å². The third-order valence-corrected chi connectivity index (χ3v) is 4.79. The largest absolute Gasteiger partial charge is 0.488 e. The molecule has 3 aromatic heterocycles. The molecule has 0 unspecified atom stereocenters. The molecule has 0 aromatic carbocycles. The first kappa shape index (κ1) is 23.2. The van der Waals surface area contributed by atoms with Crippen molar-refractivity contribution in [3.8, 4) is 11.4 Å². The minimum absolute atomic E-state index is 0.442. The van der Waals surface area contributed by atoms with Gasteiger partial charge in [-0.2, -0.15) is 10.2 Å². The Morgan fingerprint density at radius 2 is 2.00 bits per heavy atom. The second-order valence-electron chi connectivity index (χ2n) is 6.95. The normalized spacial score (nSPS) is 11.8. The van der Waals surface area contributed by atoms with Crippen LogP contribution >= 0.6 is 12.2 Å². The molecule has 0 fully saturated rings. The van der Waals surface area contributed by atoms with E-state index in [-0.39, 0.29) is 0 Å². The van der Waals surface area contributed by atoms with Crippen LogP contribution in [0.15, 0.2) is 67.4 Å². The van der Waals surface area contributed by atoms with Crippen molar-refractivity contribution >= 4 is 17.8 Å². The Balaban J connectivity index is 1.79. The lowest BCUT2D eigenvalue weighted by Gasteiger charge is -2.08. The van der Waals surface area contributed by atoms with Gasteiger partial charge >= 0.3 is 0 Å². The maximum atomic E-state index is 5.52. The van der Waals surface area contributed by atoms with E-state index in [0.717, 1.165) is 17.0 Å². The van der Waals surface area contributed by atoms with Gasteiger partial charge in [0.1, 0.15) is 12.3 Å². The highest BCUT2D eigenvalue weighted by Crippen LogP contribution is 2.18. The molecule has 3 rings (SSSR count). The van der Waals surface area contributed by atoms with Gasteiger partial charge in [0, 0.05) is 32.3 Å². The number of allylic oxidation sites excluding steroid dienone is 5. The minimum Gasteiger partial charge on any atom is -0.488 e. The standard InChI is InChI=1S/C23H26N6O2S/c1-5-6-18(11-17(2)23-24-14-20(15-25-23)31-10-9-30-4)12-21-22(32)7-8-29(27-21)19-13-26-28(3)16-19/h5-8,11,13-16H,2,9-10,12H2,1,3-4H3/b6-5-,18-11+. The van der Waals surface area contributed by atoms with Crippen molar-refractivity contribution in [3.05, 3.63) is 83.5 Å². The molecule has 0 aliphatic rings. The van der Waals surface area contributed by atoms with Crippen molar-refractivity contribution in [2.24, 2.45) is 7.05 Å². The maximum absolute atomic E-state index is 5.52. The third-order valence-electron chi connectivity index (χ3n) is 4.42. The molecule has 0 saturated carbocycles. The lowest BCUT2D eigenvalue weighted by Crippen LogP contribution is -2.05. The van der Waals surface area contributed by atoms with Crippen LogP contribution in [0.2, 0.25) is 0 Å². The summed E-state index contributed by atoms with van der Waals surface area (Å²) in [5.41, 5.74) is 3.32. The number of hydrogen-bond donors (Lipinski definition) is 0. The van der Waals surface area contributed by atoms with E-state index < -0.39 is 0 Å².